The molecule has 1 N–H and O–H groups in total. The number of hydrogen-bond acceptors (Lipinski definition) is 5. The van der Waals surface area contributed by atoms with Crippen molar-refractivity contribution in [3.63, 3.8) is 0 Å². The molecule has 0 aromatic carbocycles. The van der Waals surface area contributed by atoms with Crippen LogP contribution >= 0.6 is 11.6 Å². The van der Waals surface area contributed by atoms with E-state index in [4.69, 9.17) is 11.6 Å². The maximum atomic E-state index is 13.5. The summed E-state index contributed by atoms with van der Waals surface area (Å²) in [6.45, 7) is 6.32. The third-order valence-electron chi connectivity index (χ3n) is 4.79. The van der Waals surface area contributed by atoms with Crippen LogP contribution in [-0.2, 0) is 6.54 Å². The first kappa shape index (κ1) is 19.7. The van der Waals surface area contributed by atoms with Crippen LogP contribution in [0.4, 0.5) is 0 Å². The molecule has 1 aliphatic rings. The Morgan fingerprint density at radius 3 is 2.89 bits per heavy atom. The lowest BCUT2D eigenvalue weighted by atomic mass is 10.1. The average Bonchev–Trinajstić information content (AvgIpc) is 2.96. The highest BCUT2D eigenvalue weighted by atomic mass is 35.5. The number of carbonyl (C=O) groups is 1. The highest BCUT2D eigenvalue weighted by molar-refractivity contribution is 6.33. The Hall–Kier alpha value is -2.05. The van der Waals surface area contributed by atoms with Crippen LogP contribution in [0.5, 0.6) is 0 Å². The second kappa shape index (κ2) is 9.24. The minimum Gasteiger partial charge on any atom is -0.328 e. The first-order chi connectivity index (χ1) is 13.1. The standard InChI is InChI=1S/C20H26ClN5O/c1-14(2)19-24-12-17(21)18(25-19)20(27)26(13-15-6-3-4-10-23-15)16-7-5-9-22-11-8-16/h3-4,6,10,12,14,16,22H,5,7-9,11,13H2,1-2H3. The number of halogens is 1. The predicted molar refractivity (Wildman–Crippen MR) is 106 cm³/mol. The van der Waals surface area contributed by atoms with E-state index in [0.29, 0.717) is 17.4 Å². The average molecular weight is 388 g/mol. The fourth-order valence-corrected chi connectivity index (χ4v) is 3.46. The number of nitrogens with zero attached hydrogens (tertiary/aromatic N) is 4. The van der Waals surface area contributed by atoms with Gasteiger partial charge in [-0.05, 0) is 44.5 Å². The highest BCUT2D eigenvalue weighted by Gasteiger charge is 2.29. The van der Waals surface area contributed by atoms with Gasteiger partial charge in [0.25, 0.3) is 5.91 Å². The molecule has 7 heteroatoms. The molecular weight excluding hydrogens is 362 g/mol. The molecule has 1 unspecified atom stereocenters. The van der Waals surface area contributed by atoms with E-state index >= 15 is 0 Å². The minimum absolute atomic E-state index is 0.125. The molecule has 0 radical (unpaired) electrons. The summed E-state index contributed by atoms with van der Waals surface area (Å²) in [5.74, 6) is 0.602. The number of amides is 1. The highest BCUT2D eigenvalue weighted by Crippen LogP contribution is 2.23. The van der Waals surface area contributed by atoms with Gasteiger partial charge in [-0.3, -0.25) is 9.78 Å². The summed E-state index contributed by atoms with van der Waals surface area (Å²) in [4.78, 5) is 28.5. The van der Waals surface area contributed by atoms with Crippen molar-refractivity contribution >= 4 is 17.5 Å². The topological polar surface area (TPSA) is 71.0 Å². The van der Waals surface area contributed by atoms with Crippen molar-refractivity contribution in [2.45, 2.75) is 51.6 Å². The van der Waals surface area contributed by atoms with Crippen LogP contribution in [0.15, 0.2) is 30.6 Å². The first-order valence-electron chi connectivity index (χ1n) is 9.50. The molecule has 3 rings (SSSR count). The lowest BCUT2D eigenvalue weighted by Crippen LogP contribution is -2.41. The molecule has 1 amide bonds. The molecule has 27 heavy (non-hydrogen) atoms. The number of aromatic nitrogens is 3. The van der Waals surface area contributed by atoms with Crippen LogP contribution in [0.25, 0.3) is 0 Å². The zero-order valence-electron chi connectivity index (χ0n) is 15.9. The van der Waals surface area contributed by atoms with Crippen molar-refractivity contribution in [2.75, 3.05) is 13.1 Å². The SMILES string of the molecule is CC(C)c1ncc(Cl)c(C(=O)N(Cc2ccccn2)C2CCCNCC2)n1. The van der Waals surface area contributed by atoms with Gasteiger partial charge in [-0.1, -0.05) is 31.5 Å². The summed E-state index contributed by atoms with van der Waals surface area (Å²) in [6, 6.07) is 5.88. The van der Waals surface area contributed by atoms with E-state index in [-0.39, 0.29) is 23.6 Å². The van der Waals surface area contributed by atoms with E-state index in [0.717, 1.165) is 38.0 Å². The molecule has 1 aliphatic heterocycles. The van der Waals surface area contributed by atoms with Crippen LogP contribution in [0.2, 0.25) is 5.02 Å². The zero-order chi connectivity index (χ0) is 19.2. The van der Waals surface area contributed by atoms with E-state index in [2.05, 4.69) is 20.3 Å². The molecule has 1 fully saturated rings. The van der Waals surface area contributed by atoms with Crippen LogP contribution in [0.1, 0.15) is 61.0 Å². The Labute approximate surface area is 165 Å². The van der Waals surface area contributed by atoms with Crippen molar-refractivity contribution in [2.24, 2.45) is 0 Å². The van der Waals surface area contributed by atoms with E-state index in [1.807, 2.05) is 36.9 Å². The number of nitrogens with one attached hydrogen (secondary N) is 1. The van der Waals surface area contributed by atoms with E-state index in [9.17, 15) is 4.79 Å². The summed E-state index contributed by atoms with van der Waals surface area (Å²) in [7, 11) is 0. The molecule has 2 aromatic heterocycles. The van der Waals surface area contributed by atoms with Crippen molar-refractivity contribution in [1.82, 2.24) is 25.2 Å². The molecule has 0 spiro atoms. The van der Waals surface area contributed by atoms with Gasteiger partial charge in [0.2, 0.25) is 0 Å². The van der Waals surface area contributed by atoms with E-state index in [1.54, 1.807) is 6.20 Å². The lowest BCUT2D eigenvalue weighted by molar-refractivity contribution is 0.0636. The third kappa shape index (κ3) is 5.02. The number of hydrogen-bond donors (Lipinski definition) is 1. The van der Waals surface area contributed by atoms with Crippen LogP contribution < -0.4 is 5.32 Å². The summed E-state index contributed by atoms with van der Waals surface area (Å²) in [5.41, 5.74) is 1.14. The molecule has 6 nitrogen and oxygen atoms in total. The molecule has 0 aliphatic carbocycles. The molecule has 2 aromatic rings. The normalized spacial score (nSPS) is 17.6. The molecule has 3 heterocycles. The largest absolute Gasteiger partial charge is 0.328 e. The van der Waals surface area contributed by atoms with Gasteiger partial charge in [-0.15, -0.1) is 0 Å². The Bertz CT molecular complexity index is 760. The molecule has 0 bridgehead atoms. The summed E-state index contributed by atoms with van der Waals surface area (Å²) in [6.07, 6.45) is 6.17. The summed E-state index contributed by atoms with van der Waals surface area (Å²) in [5, 5.41) is 3.70. The molecule has 1 saturated heterocycles. The van der Waals surface area contributed by atoms with Gasteiger partial charge in [0.05, 0.1) is 23.5 Å². The second-order valence-corrected chi connectivity index (χ2v) is 7.58. The van der Waals surface area contributed by atoms with E-state index < -0.39 is 0 Å². The zero-order valence-corrected chi connectivity index (χ0v) is 16.6. The fraction of sp³-hybridized carbons (Fsp3) is 0.500. The Morgan fingerprint density at radius 1 is 1.30 bits per heavy atom. The van der Waals surface area contributed by atoms with Gasteiger partial charge >= 0.3 is 0 Å². The van der Waals surface area contributed by atoms with Gasteiger partial charge in [0, 0.05) is 18.2 Å². The Morgan fingerprint density at radius 2 is 2.15 bits per heavy atom. The maximum absolute atomic E-state index is 13.5. The summed E-state index contributed by atoms with van der Waals surface area (Å²) < 4.78 is 0. The van der Waals surface area contributed by atoms with Crippen LogP contribution in [0.3, 0.4) is 0 Å². The van der Waals surface area contributed by atoms with Gasteiger partial charge in [-0.25, -0.2) is 9.97 Å². The van der Waals surface area contributed by atoms with Gasteiger partial charge < -0.3 is 10.2 Å². The molecule has 0 saturated carbocycles. The number of pyridine rings is 1. The van der Waals surface area contributed by atoms with Crippen molar-refractivity contribution in [1.29, 1.82) is 0 Å². The fourth-order valence-electron chi connectivity index (χ4n) is 3.29. The van der Waals surface area contributed by atoms with Crippen LogP contribution in [-0.4, -0.2) is 44.9 Å². The summed E-state index contributed by atoms with van der Waals surface area (Å²) >= 11 is 6.31. The maximum Gasteiger partial charge on any atom is 0.274 e. The quantitative estimate of drug-likeness (QED) is 0.850. The van der Waals surface area contributed by atoms with Gasteiger partial charge in [-0.2, -0.15) is 0 Å². The van der Waals surface area contributed by atoms with Gasteiger partial charge in [0.15, 0.2) is 5.69 Å². The van der Waals surface area contributed by atoms with Crippen LogP contribution in [0, 0.1) is 0 Å². The molecular formula is C20H26ClN5O. The van der Waals surface area contributed by atoms with Gasteiger partial charge in [0.1, 0.15) is 5.82 Å². The smallest absolute Gasteiger partial charge is 0.274 e. The number of rotatable bonds is 5. The monoisotopic (exact) mass is 387 g/mol. The Balaban J connectivity index is 1.93. The molecule has 144 valence electrons. The predicted octanol–water partition coefficient (Wildman–Crippen LogP) is 3.43. The van der Waals surface area contributed by atoms with Crippen molar-refractivity contribution in [3.8, 4) is 0 Å². The van der Waals surface area contributed by atoms with E-state index in [1.165, 1.54) is 6.20 Å². The second-order valence-electron chi connectivity index (χ2n) is 7.17. The third-order valence-corrected chi connectivity index (χ3v) is 5.06. The molecule has 1 atom stereocenters. The lowest BCUT2D eigenvalue weighted by Gasteiger charge is -2.31. The van der Waals surface area contributed by atoms with Crippen molar-refractivity contribution in [3.05, 3.63) is 52.8 Å². The number of carbonyl (C=O) groups excluding carboxylic acids is 1. The minimum atomic E-state index is -0.151. The first-order valence-corrected chi connectivity index (χ1v) is 9.88. The van der Waals surface area contributed by atoms with Crippen molar-refractivity contribution < 1.29 is 4.79 Å². The Kier molecular flexibility index (Phi) is 6.74.